The second kappa shape index (κ2) is 12.2. The molecule has 6 nitrogen and oxygen atoms in total. The van der Waals surface area contributed by atoms with Crippen molar-refractivity contribution >= 4 is 33.0 Å². The first kappa shape index (κ1) is 27.9. The number of aryl methyl sites for hydroxylation is 1. The number of aliphatic carboxylic acids is 1. The molecule has 7 heteroatoms. The van der Waals surface area contributed by atoms with Crippen LogP contribution in [0.2, 0.25) is 0 Å². The minimum Gasteiger partial charge on any atom is -0.493 e. The molecule has 0 atom stereocenters. The largest absolute Gasteiger partial charge is 0.493 e. The Kier molecular flexibility index (Phi) is 8.70. The number of pyridine rings is 1. The van der Waals surface area contributed by atoms with Crippen LogP contribution in [-0.2, 0) is 11.4 Å². The van der Waals surface area contributed by atoms with Crippen LogP contribution in [0.1, 0.15) is 43.9 Å². The van der Waals surface area contributed by atoms with E-state index < -0.39 is 11.6 Å². The Morgan fingerprint density at radius 1 is 1.10 bits per heavy atom. The maximum Gasteiger partial charge on any atom is 0.329 e. The van der Waals surface area contributed by atoms with Crippen LogP contribution in [0.3, 0.4) is 0 Å². The number of ether oxygens (including phenoxy) is 2. The van der Waals surface area contributed by atoms with Crippen molar-refractivity contribution in [3.05, 3.63) is 82.9 Å². The molecule has 2 aromatic carbocycles. The molecule has 2 N–H and O–H groups in total. The highest BCUT2D eigenvalue weighted by molar-refractivity contribution is 7.17. The zero-order valence-electron chi connectivity index (χ0n) is 22.4. The highest BCUT2D eigenvalue weighted by Gasteiger charge is 2.14. The van der Waals surface area contributed by atoms with Crippen LogP contribution in [0.15, 0.2) is 66.2 Å². The number of carbonyl (C=O) groups is 1. The van der Waals surface area contributed by atoms with E-state index >= 15 is 0 Å². The molecule has 0 spiro atoms. The second-order valence-corrected chi connectivity index (χ2v) is 10.7. The van der Waals surface area contributed by atoms with Gasteiger partial charge in [0.25, 0.3) is 0 Å². The van der Waals surface area contributed by atoms with Gasteiger partial charge in [-0.2, -0.15) is 0 Å². The van der Waals surface area contributed by atoms with Crippen LogP contribution in [0.5, 0.6) is 11.6 Å². The van der Waals surface area contributed by atoms with Gasteiger partial charge in [0.2, 0.25) is 5.88 Å². The normalized spacial score (nSPS) is 11.7. The van der Waals surface area contributed by atoms with Crippen molar-refractivity contribution in [3.63, 3.8) is 0 Å². The Labute approximate surface area is 232 Å². The van der Waals surface area contributed by atoms with Gasteiger partial charge in [-0.05, 0) is 80.1 Å². The van der Waals surface area contributed by atoms with Crippen molar-refractivity contribution in [1.29, 1.82) is 0 Å². The van der Waals surface area contributed by atoms with E-state index in [-0.39, 0.29) is 0 Å². The molecule has 0 radical (unpaired) electrons. The molecular weight excluding hydrogens is 510 g/mol. The molecule has 4 rings (SSSR count). The van der Waals surface area contributed by atoms with Crippen LogP contribution in [-0.4, -0.2) is 33.4 Å². The van der Waals surface area contributed by atoms with Gasteiger partial charge in [-0.1, -0.05) is 18.1 Å². The fourth-order valence-corrected chi connectivity index (χ4v) is 4.99. The van der Waals surface area contributed by atoms with E-state index in [1.54, 1.807) is 50.4 Å². The summed E-state index contributed by atoms with van der Waals surface area (Å²) < 4.78 is 13.0. The number of hydrogen-bond donors (Lipinski definition) is 2. The summed E-state index contributed by atoms with van der Waals surface area (Å²) in [5.74, 6) is 5.70. The molecule has 200 valence electrons. The average Bonchev–Trinajstić information content (AvgIpc) is 3.30. The fraction of sp³-hybridized carbons (Fsp3) is 0.250. The lowest BCUT2D eigenvalue weighted by molar-refractivity contribution is -0.131. The minimum absolute atomic E-state index is 0.344. The molecule has 0 aliphatic carbocycles. The van der Waals surface area contributed by atoms with Gasteiger partial charge in [0.1, 0.15) is 12.4 Å². The molecule has 0 saturated heterocycles. The highest BCUT2D eigenvalue weighted by Crippen LogP contribution is 2.37. The number of nitrogens with zero attached hydrogens (tertiary/aromatic N) is 1. The van der Waals surface area contributed by atoms with Gasteiger partial charge in [0.15, 0.2) is 0 Å². The first-order valence-corrected chi connectivity index (χ1v) is 13.4. The molecule has 2 heterocycles. The number of aromatic nitrogens is 1. The number of benzene rings is 2. The molecule has 2 aromatic heterocycles. The molecule has 0 fully saturated rings. The molecule has 4 aromatic rings. The van der Waals surface area contributed by atoms with E-state index in [1.165, 1.54) is 4.70 Å². The molecule has 39 heavy (non-hydrogen) atoms. The van der Waals surface area contributed by atoms with Crippen molar-refractivity contribution < 1.29 is 24.5 Å². The Hall–Kier alpha value is -4.12. The summed E-state index contributed by atoms with van der Waals surface area (Å²) in [6, 6.07) is 15.9. The third-order valence-electron chi connectivity index (χ3n) is 6.07. The Balaban J connectivity index is 1.48. The predicted octanol–water partition coefficient (Wildman–Crippen LogP) is 6.88. The molecule has 0 bridgehead atoms. The van der Waals surface area contributed by atoms with Crippen LogP contribution >= 0.6 is 11.3 Å². The van der Waals surface area contributed by atoms with E-state index in [4.69, 9.17) is 14.6 Å². The summed E-state index contributed by atoms with van der Waals surface area (Å²) in [5, 5.41) is 22.3. The van der Waals surface area contributed by atoms with Gasteiger partial charge >= 0.3 is 5.97 Å². The Morgan fingerprint density at radius 3 is 2.59 bits per heavy atom. The van der Waals surface area contributed by atoms with Gasteiger partial charge in [0, 0.05) is 51.5 Å². The number of hydrogen-bond acceptors (Lipinski definition) is 6. The lowest BCUT2D eigenvalue weighted by atomic mass is 9.99. The lowest BCUT2D eigenvalue weighted by Gasteiger charge is -2.17. The van der Waals surface area contributed by atoms with Crippen LogP contribution in [0, 0.1) is 18.8 Å². The Morgan fingerprint density at radius 2 is 1.92 bits per heavy atom. The first-order chi connectivity index (χ1) is 18.6. The molecule has 0 amide bonds. The quantitative estimate of drug-likeness (QED) is 0.168. The molecule has 0 saturated carbocycles. The summed E-state index contributed by atoms with van der Waals surface area (Å²) in [6.45, 7) is 8.09. The fourth-order valence-electron chi connectivity index (χ4n) is 4.05. The number of thiophene rings is 1. The number of aliphatic hydroxyl groups is 1. The van der Waals surface area contributed by atoms with Gasteiger partial charge in [0.05, 0.1) is 12.2 Å². The van der Waals surface area contributed by atoms with E-state index in [2.05, 4.69) is 47.3 Å². The summed E-state index contributed by atoms with van der Waals surface area (Å²) in [7, 11) is 0. The van der Waals surface area contributed by atoms with Crippen LogP contribution in [0.4, 0.5) is 0 Å². The third-order valence-corrected chi connectivity index (χ3v) is 7.03. The van der Waals surface area contributed by atoms with Gasteiger partial charge < -0.3 is 19.7 Å². The van der Waals surface area contributed by atoms with Gasteiger partial charge in [-0.15, -0.1) is 17.3 Å². The van der Waals surface area contributed by atoms with Gasteiger partial charge in [-0.25, -0.2) is 9.78 Å². The Bertz CT molecular complexity index is 1570. The zero-order chi connectivity index (χ0) is 28.0. The average molecular weight is 542 g/mol. The van der Waals surface area contributed by atoms with Crippen LogP contribution in [0.25, 0.3) is 26.8 Å². The number of carboxylic acids is 1. The SMILES string of the molecule is CC#C/C(=C\C(=O)O)c1ccc(OCc2ccc3scc(-c4ccc(OCCC(C)(C)O)cc4C)c3c2)nc1. The van der Waals surface area contributed by atoms with Gasteiger partial charge in [-0.3, -0.25) is 0 Å². The topological polar surface area (TPSA) is 88.9 Å². The highest BCUT2D eigenvalue weighted by atomic mass is 32.1. The molecule has 0 aliphatic heterocycles. The summed E-state index contributed by atoms with van der Waals surface area (Å²) in [6.07, 6.45) is 3.20. The number of carboxylic acid groups (broad SMARTS) is 1. The van der Waals surface area contributed by atoms with Crippen LogP contribution < -0.4 is 9.47 Å². The van der Waals surface area contributed by atoms with Crippen molar-refractivity contribution in [2.24, 2.45) is 0 Å². The maximum atomic E-state index is 11.1. The van der Waals surface area contributed by atoms with Crippen molar-refractivity contribution in [1.82, 2.24) is 4.98 Å². The molecule has 0 unspecified atom stereocenters. The first-order valence-electron chi connectivity index (χ1n) is 12.6. The van der Waals surface area contributed by atoms with E-state index in [9.17, 15) is 9.90 Å². The molecule has 0 aliphatic rings. The van der Waals surface area contributed by atoms with Crippen molar-refractivity contribution in [2.75, 3.05) is 6.61 Å². The monoisotopic (exact) mass is 541 g/mol. The third kappa shape index (κ3) is 7.47. The number of allylic oxidation sites excluding steroid dienone is 1. The standard InChI is InChI=1S/C32H31NO5S/c1-5-6-23(17-31(34)35)24-8-12-30(33-18-24)38-19-22-7-11-29-27(16-22)28(20-39-29)26-10-9-25(15-21(26)2)37-14-13-32(3,4)36/h7-12,15-18,20,36H,13-14,19H2,1-4H3,(H,34,35)/b23-17+. The summed E-state index contributed by atoms with van der Waals surface area (Å²) in [4.78, 5) is 15.4. The van der Waals surface area contributed by atoms with Crippen molar-refractivity contribution in [2.45, 2.75) is 46.3 Å². The van der Waals surface area contributed by atoms with E-state index in [0.717, 1.165) is 39.5 Å². The zero-order valence-corrected chi connectivity index (χ0v) is 23.3. The summed E-state index contributed by atoms with van der Waals surface area (Å²) >= 11 is 1.70. The molecular formula is C32H31NO5S. The number of rotatable bonds is 10. The van der Waals surface area contributed by atoms with E-state index in [0.29, 0.717) is 36.7 Å². The van der Waals surface area contributed by atoms with E-state index in [1.807, 2.05) is 18.2 Å². The second-order valence-electron chi connectivity index (χ2n) is 9.81. The van der Waals surface area contributed by atoms with Crippen molar-refractivity contribution in [3.8, 4) is 34.6 Å². The lowest BCUT2D eigenvalue weighted by Crippen LogP contribution is -2.21. The number of fused-ring (bicyclic) bond motifs is 1. The summed E-state index contributed by atoms with van der Waals surface area (Å²) in [5.41, 5.74) is 4.70. The smallest absolute Gasteiger partial charge is 0.329 e. The maximum absolute atomic E-state index is 11.1. The predicted molar refractivity (Wildman–Crippen MR) is 156 cm³/mol. The minimum atomic E-state index is -1.06.